The first-order valence-electron chi connectivity index (χ1n) is 4.38. The minimum Gasteiger partial charge on any atom is -0.493 e. The zero-order chi connectivity index (χ0) is 10.4. The first kappa shape index (κ1) is 10.8. The molecular formula is C10H14FNO2. The summed E-state index contributed by atoms with van der Waals surface area (Å²) in [4.78, 5) is 0. The average Bonchev–Trinajstić information content (AvgIpc) is 2.25. The first-order valence-corrected chi connectivity index (χ1v) is 4.38. The van der Waals surface area contributed by atoms with Crippen molar-refractivity contribution in [1.29, 1.82) is 0 Å². The molecule has 0 atom stereocenters. The van der Waals surface area contributed by atoms with E-state index in [0.29, 0.717) is 18.0 Å². The number of hydrogen-bond acceptors (Lipinski definition) is 3. The Morgan fingerprint density at radius 1 is 1.43 bits per heavy atom. The Morgan fingerprint density at radius 3 is 2.79 bits per heavy atom. The van der Waals surface area contributed by atoms with Gasteiger partial charge in [0, 0.05) is 12.1 Å². The fourth-order valence-corrected chi connectivity index (χ4v) is 1.19. The highest BCUT2D eigenvalue weighted by Crippen LogP contribution is 2.30. The summed E-state index contributed by atoms with van der Waals surface area (Å²) in [5.74, 6) is 1.12. The molecule has 0 amide bonds. The topological polar surface area (TPSA) is 44.5 Å². The van der Waals surface area contributed by atoms with Crippen molar-refractivity contribution >= 4 is 0 Å². The van der Waals surface area contributed by atoms with E-state index in [1.807, 2.05) is 12.1 Å². The number of methoxy groups -OCH3 is 1. The summed E-state index contributed by atoms with van der Waals surface area (Å²) < 4.78 is 22.3. The second-order valence-corrected chi connectivity index (χ2v) is 2.69. The molecule has 1 aromatic rings. The van der Waals surface area contributed by atoms with E-state index < -0.39 is 6.67 Å². The molecule has 0 aromatic heterocycles. The molecule has 2 N–H and O–H groups in total. The van der Waals surface area contributed by atoms with Gasteiger partial charge in [-0.3, -0.25) is 0 Å². The zero-order valence-electron chi connectivity index (χ0n) is 8.13. The van der Waals surface area contributed by atoms with Gasteiger partial charge < -0.3 is 15.2 Å². The molecule has 0 heterocycles. The van der Waals surface area contributed by atoms with Crippen LogP contribution in [0.4, 0.5) is 4.39 Å². The average molecular weight is 199 g/mol. The minimum atomic E-state index is -0.526. The Bertz CT molecular complexity index is 269. The van der Waals surface area contributed by atoms with E-state index in [9.17, 15) is 4.39 Å². The quantitative estimate of drug-likeness (QED) is 0.781. The van der Waals surface area contributed by atoms with Gasteiger partial charge >= 0.3 is 0 Å². The number of benzene rings is 1. The van der Waals surface area contributed by atoms with Crippen LogP contribution in [0.3, 0.4) is 0 Å². The molecule has 1 rings (SSSR count). The molecule has 0 unspecified atom stereocenters. The van der Waals surface area contributed by atoms with Crippen LogP contribution >= 0.6 is 0 Å². The molecule has 0 fully saturated rings. The molecule has 0 radical (unpaired) electrons. The highest BCUT2D eigenvalue weighted by atomic mass is 19.1. The smallest absolute Gasteiger partial charge is 0.165 e. The van der Waals surface area contributed by atoms with Crippen molar-refractivity contribution in [1.82, 2.24) is 0 Å². The Kier molecular flexibility index (Phi) is 4.19. The fraction of sp³-hybridized carbons (Fsp3) is 0.400. The summed E-state index contributed by atoms with van der Waals surface area (Å²) in [6.07, 6.45) is 0. The third kappa shape index (κ3) is 2.35. The molecule has 78 valence electrons. The Labute approximate surface area is 82.6 Å². The number of para-hydroxylation sites is 1. The number of alkyl halides is 1. The molecule has 3 nitrogen and oxygen atoms in total. The highest BCUT2D eigenvalue weighted by Gasteiger charge is 2.08. The lowest BCUT2D eigenvalue weighted by Crippen LogP contribution is -2.06. The highest BCUT2D eigenvalue weighted by molar-refractivity contribution is 5.46. The van der Waals surface area contributed by atoms with Crippen molar-refractivity contribution < 1.29 is 13.9 Å². The van der Waals surface area contributed by atoms with E-state index in [4.69, 9.17) is 15.2 Å². The third-order valence-electron chi connectivity index (χ3n) is 1.82. The maximum atomic E-state index is 12.0. The van der Waals surface area contributed by atoms with Crippen molar-refractivity contribution in [3.8, 4) is 11.5 Å². The number of nitrogens with two attached hydrogens (primary N) is 1. The Balaban J connectivity index is 2.93. The van der Waals surface area contributed by atoms with Crippen molar-refractivity contribution in [3.05, 3.63) is 23.8 Å². The van der Waals surface area contributed by atoms with Crippen molar-refractivity contribution in [2.75, 3.05) is 20.4 Å². The maximum absolute atomic E-state index is 12.0. The number of halogens is 1. The summed E-state index contributed by atoms with van der Waals surface area (Å²) >= 11 is 0. The molecule has 4 heteroatoms. The van der Waals surface area contributed by atoms with Crippen molar-refractivity contribution in [2.45, 2.75) is 6.54 Å². The van der Waals surface area contributed by atoms with Crippen LogP contribution in [0, 0.1) is 0 Å². The van der Waals surface area contributed by atoms with Gasteiger partial charge in [0.1, 0.15) is 13.3 Å². The van der Waals surface area contributed by atoms with Crippen molar-refractivity contribution in [2.24, 2.45) is 5.73 Å². The molecule has 0 saturated carbocycles. The Morgan fingerprint density at radius 2 is 2.21 bits per heavy atom. The number of rotatable bonds is 5. The molecule has 0 aliphatic heterocycles. The van der Waals surface area contributed by atoms with Gasteiger partial charge in [0.2, 0.25) is 0 Å². The van der Waals surface area contributed by atoms with Gasteiger partial charge in [0.25, 0.3) is 0 Å². The van der Waals surface area contributed by atoms with E-state index >= 15 is 0 Å². The molecule has 14 heavy (non-hydrogen) atoms. The van der Waals surface area contributed by atoms with Gasteiger partial charge in [-0.25, -0.2) is 4.39 Å². The van der Waals surface area contributed by atoms with Crippen LogP contribution in [0.1, 0.15) is 5.56 Å². The van der Waals surface area contributed by atoms with Gasteiger partial charge in [0.15, 0.2) is 11.5 Å². The summed E-state index contributed by atoms with van der Waals surface area (Å²) in [7, 11) is 1.54. The third-order valence-corrected chi connectivity index (χ3v) is 1.82. The van der Waals surface area contributed by atoms with Crippen LogP contribution in [0.15, 0.2) is 18.2 Å². The largest absolute Gasteiger partial charge is 0.493 e. The van der Waals surface area contributed by atoms with Crippen LogP contribution in [-0.4, -0.2) is 20.4 Å². The van der Waals surface area contributed by atoms with Gasteiger partial charge in [-0.2, -0.15) is 0 Å². The van der Waals surface area contributed by atoms with Gasteiger partial charge in [-0.05, 0) is 6.07 Å². The second-order valence-electron chi connectivity index (χ2n) is 2.69. The lowest BCUT2D eigenvalue weighted by molar-refractivity contribution is 0.258. The SMILES string of the molecule is COc1cccc(CN)c1OCCF. The summed E-state index contributed by atoms with van der Waals surface area (Å²) in [5.41, 5.74) is 6.33. The van der Waals surface area contributed by atoms with Crippen LogP contribution in [0.5, 0.6) is 11.5 Å². The lowest BCUT2D eigenvalue weighted by atomic mass is 10.2. The molecule has 0 saturated heterocycles. The molecule has 0 bridgehead atoms. The molecule has 1 aromatic carbocycles. The predicted molar refractivity (Wildman–Crippen MR) is 52.4 cm³/mol. The molecule has 0 spiro atoms. The minimum absolute atomic E-state index is 0.0212. The van der Waals surface area contributed by atoms with Crippen LogP contribution in [-0.2, 0) is 6.54 Å². The lowest BCUT2D eigenvalue weighted by Gasteiger charge is -2.12. The molecular weight excluding hydrogens is 185 g/mol. The predicted octanol–water partition coefficient (Wildman–Crippen LogP) is 1.50. The van der Waals surface area contributed by atoms with Gasteiger partial charge in [-0.1, -0.05) is 12.1 Å². The maximum Gasteiger partial charge on any atom is 0.165 e. The second kappa shape index (κ2) is 5.44. The van der Waals surface area contributed by atoms with Crippen LogP contribution in [0.2, 0.25) is 0 Å². The van der Waals surface area contributed by atoms with E-state index in [-0.39, 0.29) is 6.61 Å². The molecule has 0 aliphatic rings. The van der Waals surface area contributed by atoms with E-state index in [2.05, 4.69) is 0 Å². The summed E-state index contributed by atoms with van der Waals surface area (Å²) in [5, 5.41) is 0. The fourth-order valence-electron chi connectivity index (χ4n) is 1.19. The van der Waals surface area contributed by atoms with Gasteiger partial charge in [-0.15, -0.1) is 0 Å². The summed E-state index contributed by atoms with van der Waals surface area (Å²) in [6, 6.07) is 5.41. The molecule has 0 aliphatic carbocycles. The number of hydrogen-bond donors (Lipinski definition) is 1. The number of ether oxygens (including phenoxy) is 2. The van der Waals surface area contributed by atoms with Crippen LogP contribution < -0.4 is 15.2 Å². The monoisotopic (exact) mass is 199 g/mol. The standard InChI is InChI=1S/C10H14FNO2/c1-13-9-4-2-3-8(7-12)10(9)14-6-5-11/h2-4H,5-7,12H2,1H3. The first-order chi connectivity index (χ1) is 6.83. The normalized spacial score (nSPS) is 9.93. The van der Waals surface area contributed by atoms with Crippen LogP contribution in [0.25, 0.3) is 0 Å². The van der Waals surface area contributed by atoms with E-state index in [1.54, 1.807) is 6.07 Å². The van der Waals surface area contributed by atoms with E-state index in [1.165, 1.54) is 7.11 Å². The summed E-state index contributed by atoms with van der Waals surface area (Å²) in [6.45, 7) is -0.158. The van der Waals surface area contributed by atoms with Crippen molar-refractivity contribution in [3.63, 3.8) is 0 Å². The van der Waals surface area contributed by atoms with Gasteiger partial charge in [0.05, 0.1) is 7.11 Å². The zero-order valence-corrected chi connectivity index (χ0v) is 8.13. The Hall–Kier alpha value is -1.29. The van der Waals surface area contributed by atoms with E-state index in [0.717, 1.165) is 5.56 Å².